The van der Waals surface area contributed by atoms with Crippen LogP contribution in [0.1, 0.15) is 63.6 Å². The molecule has 1 aliphatic heterocycles. The van der Waals surface area contributed by atoms with Gasteiger partial charge < -0.3 is 14.8 Å². The van der Waals surface area contributed by atoms with E-state index < -0.39 is 31.6 Å². The smallest absolute Gasteiger partial charge is 0.406 e. The number of nitrogens with one attached hydrogen (secondary N) is 2. The minimum atomic E-state index is -3.61. The first-order chi connectivity index (χ1) is 20.2. The molecular formula is C31H41N2O7PS. The Morgan fingerprint density at radius 3 is 2.26 bits per heavy atom. The van der Waals surface area contributed by atoms with Gasteiger partial charge in [0.1, 0.15) is 0 Å². The molecule has 2 N–H and O–H groups in total. The molecule has 3 rings (SSSR count). The molecule has 0 amide bonds. The van der Waals surface area contributed by atoms with Crippen LogP contribution in [0.15, 0.2) is 82.0 Å². The molecule has 11 heteroatoms. The van der Waals surface area contributed by atoms with Crippen LogP contribution in [0.5, 0.6) is 0 Å². The number of ether oxygens (including phenoxy) is 2. The SMILES string of the molecule is CCOC(=O)C1=C(CCC(NP(=O)(OCC)OCC)c2ccccc2)NC(C)=C(C(=O)OC)C1c1cccc(SC)c1. The number of thioether (sulfide) groups is 1. The molecule has 0 bridgehead atoms. The van der Waals surface area contributed by atoms with E-state index in [4.69, 9.17) is 18.5 Å². The number of esters is 2. The van der Waals surface area contributed by atoms with E-state index in [1.165, 1.54) is 7.11 Å². The highest BCUT2D eigenvalue weighted by molar-refractivity contribution is 7.98. The van der Waals surface area contributed by atoms with Gasteiger partial charge in [0, 0.05) is 22.3 Å². The van der Waals surface area contributed by atoms with E-state index >= 15 is 0 Å². The zero-order valence-corrected chi connectivity index (χ0v) is 26.8. The maximum Gasteiger partial charge on any atom is 0.406 e. The number of benzene rings is 2. The molecule has 0 aromatic heterocycles. The van der Waals surface area contributed by atoms with Gasteiger partial charge in [-0.05, 0) is 70.1 Å². The molecule has 0 aliphatic carbocycles. The summed E-state index contributed by atoms with van der Waals surface area (Å²) in [5.41, 5.74) is 3.55. The van der Waals surface area contributed by atoms with Crippen molar-refractivity contribution in [1.82, 2.24) is 10.4 Å². The minimum Gasteiger partial charge on any atom is -0.466 e. The molecule has 0 spiro atoms. The van der Waals surface area contributed by atoms with E-state index in [0.717, 1.165) is 16.0 Å². The fourth-order valence-corrected chi connectivity index (χ4v) is 7.03. The fourth-order valence-electron chi connectivity index (χ4n) is 5.00. The van der Waals surface area contributed by atoms with Crippen LogP contribution >= 0.6 is 19.5 Å². The van der Waals surface area contributed by atoms with Gasteiger partial charge >= 0.3 is 19.7 Å². The van der Waals surface area contributed by atoms with E-state index in [0.29, 0.717) is 35.4 Å². The molecule has 9 nitrogen and oxygen atoms in total. The van der Waals surface area contributed by atoms with E-state index in [9.17, 15) is 14.2 Å². The summed E-state index contributed by atoms with van der Waals surface area (Å²) < 4.78 is 35.2. The summed E-state index contributed by atoms with van der Waals surface area (Å²) in [6.07, 6.45) is 2.76. The topological polar surface area (TPSA) is 112 Å². The first-order valence-corrected chi connectivity index (χ1v) is 16.8. The van der Waals surface area contributed by atoms with Crippen molar-refractivity contribution in [3.8, 4) is 0 Å². The Hall–Kier alpha value is -2.88. The van der Waals surface area contributed by atoms with Crippen LogP contribution in [0.3, 0.4) is 0 Å². The second-order valence-electron chi connectivity index (χ2n) is 9.44. The number of allylic oxidation sites excluding steroid dienone is 2. The molecule has 2 aromatic rings. The predicted octanol–water partition coefficient (Wildman–Crippen LogP) is 6.65. The average molecular weight is 617 g/mol. The monoisotopic (exact) mass is 616 g/mol. The van der Waals surface area contributed by atoms with Gasteiger partial charge in [0.05, 0.1) is 44.0 Å². The zero-order valence-electron chi connectivity index (χ0n) is 25.1. The van der Waals surface area contributed by atoms with Crippen molar-refractivity contribution in [2.24, 2.45) is 0 Å². The minimum absolute atomic E-state index is 0.170. The second kappa shape index (κ2) is 16.1. The lowest BCUT2D eigenvalue weighted by Gasteiger charge is -2.32. The molecule has 2 aromatic carbocycles. The predicted molar refractivity (Wildman–Crippen MR) is 165 cm³/mol. The summed E-state index contributed by atoms with van der Waals surface area (Å²) in [5, 5.41) is 6.43. The lowest BCUT2D eigenvalue weighted by Crippen LogP contribution is -2.33. The van der Waals surface area contributed by atoms with Crippen molar-refractivity contribution in [2.75, 3.05) is 33.2 Å². The van der Waals surface area contributed by atoms with Crippen molar-refractivity contribution < 1.29 is 32.7 Å². The van der Waals surface area contributed by atoms with E-state index in [1.54, 1.807) is 39.5 Å². The third-order valence-electron chi connectivity index (χ3n) is 6.77. The third kappa shape index (κ3) is 8.36. The zero-order chi connectivity index (χ0) is 30.7. The maximum absolute atomic E-state index is 13.6. The molecular weight excluding hydrogens is 575 g/mol. The van der Waals surface area contributed by atoms with E-state index in [-0.39, 0.29) is 19.8 Å². The van der Waals surface area contributed by atoms with Gasteiger partial charge in [-0.1, -0.05) is 42.5 Å². The van der Waals surface area contributed by atoms with Crippen LogP contribution in [0, 0.1) is 0 Å². The van der Waals surface area contributed by atoms with E-state index in [2.05, 4.69) is 10.4 Å². The van der Waals surface area contributed by atoms with Gasteiger partial charge in [0.2, 0.25) is 0 Å². The third-order valence-corrected chi connectivity index (χ3v) is 9.32. The molecule has 1 aliphatic rings. The highest BCUT2D eigenvalue weighted by atomic mass is 32.2. The fraction of sp³-hybridized carbons (Fsp3) is 0.419. The molecule has 0 saturated carbocycles. The van der Waals surface area contributed by atoms with Gasteiger partial charge in [0.15, 0.2) is 0 Å². The maximum atomic E-state index is 13.6. The number of hydrogen-bond acceptors (Lipinski definition) is 9. The summed E-state index contributed by atoms with van der Waals surface area (Å²) in [6.45, 7) is 7.65. The number of methoxy groups -OCH3 is 1. The largest absolute Gasteiger partial charge is 0.466 e. The van der Waals surface area contributed by atoms with Gasteiger partial charge in [-0.15, -0.1) is 11.8 Å². The first kappa shape index (κ1) is 33.6. The second-order valence-corrected chi connectivity index (χ2v) is 12.1. The van der Waals surface area contributed by atoms with Crippen LogP contribution < -0.4 is 10.4 Å². The van der Waals surface area contributed by atoms with Crippen molar-refractivity contribution in [3.63, 3.8) is 0 Å². The summed E-state index contributed by atoms with van der Waals surface area (Å²) in [5.74, 6) is -1.76. The van der Waals surface area contributed by atoms with Crippen LogP contribution in [-0.2, 0) is 32.7 Å². The molecule has 228 valence electrons. The molecule has 0 radical (unpaired) electrons. The molecule has 2 unspecified atom stereocenters. The Labute approximate surface area is 253 Å². The number of carbonyl (C=O) groups is 2. The molecule has 2 atom stereocenters. The highest BCUT2D eigenvalue weighted by Gasteiger charge is 2.39. The Morgan fingerprint density at radius 2 is 1.67 bits per heavy atom. The first-order valence-electron chi connectivity index (χ1n) is 14.0. The summed E-state index contributed by atoms with van der Waals surface area (Å²) in [7, 11) is -2.29. The van der Waals surface area contributed by atoms with Gasteiger partial charge in [-0.2, -0.15) is 0 Å². The summed E-state index contributed by atoms with van der Waals surface area (Å²) in [4.78, 5) is 27.7. The van der Waals surface area contributed by atoms with Gasteiger partial charge in [-0.25, -0.2) is 19.2 Å². The Morgan fingerprint density at radius 1 is 0.976 bits per heavy atom. The van der Waals surface area contributed by atoms with Gasteiger partial charge in [-0.3, -0.25) is 9.05 Å². The Bertz CT molecular complexity index is 1340. The van der Waals surface area contributed by atoms with Crippen LogP contribution in [-0.4, -0.2) is 45.1 Å². The Balaban J connectivity index is 2.12. The average Bonchev–Trinajstić information content (AvgIpc) is 2.99. The normalized spacial score (nSPS) is 16.2. The highest BCUT2D eigenvalue weighted by Crippen LogP contribution is 2.47. The lowest BCUT2D eigenvalue weighted by molar-refractivity contribution is -0.139. The van der Waals surface area contributed by atoms with Crippen molar-refractivity contribution >= 4 is 31.4 Å². The molecule has 0 saturated heterocycles. The number of carbonyl (C=O) groups excluding carboxylic acids is 2. The lowest BCUT2D eigenvalue weighted by atomic mass is 9.79. The number of rotatable bonds is 15. The summed E-state index contributed by atoms with van der Waals surface area (Å²) >= 11 is 1.57. The van der Waals surface area contributed by atoms with E-state index in [1.807, 2.05) is 60.9 Å². The van der Waals surface area contributed by atoms with Crippen LogP contribution in [0.2, 0.25) is 0 Å². The van der Waals surface area contributed by atoms with Crippen LogP contribution in [0.25, 0.3) is 0 Å². The standard InChI is InChI=1S/C31H41N2O7PS/c1-7-38-31(35)29-26(19-18-25(22-14-11-10-12-15-22)33-41(36,39-8-2)40-9-3)32-21(4)27(30(34)37-5)28(29)23-16-13-17-24(20-23)42-6/h10-17,20,25,28,32H,7-9,18-19H2,1-6H3,(H,33,36). The van der Waals surface area contributed by atoms with Crippen LogP contribution in [0.4, 0.5) is 0 Å². The van der Waals surface area contributed by atoms with Gasteiger partial charge in [0.25, 0.3) is 0 Å². The number of dihydropyridines is 1. The molecule has 42 heavy (non-hydrogen) atoms. The van der Waals surface area contributed by atoms with Crippen molar-refractivity contribution in [2.45, 2.75) is 57.4 Å². The van der Waals surface area contributed by atoms with Crippen molar-refractivity contribution in [1.29, 1.82) is 0 Å². The quantitative estimate of drug-likeness (QED) is 0.128. The molecule has 0 fully saturated rings. The number of hydrogen-bond donors (Lipinski definition) is 2. The molecule has 1 heterocycles. The summed E-state index contributed by atoms with van der Waals surface area (Å²) in [6, 6.07) is 16.9. The Kier molecular flexibility index (Phi) is 12.9. The van der Waals surface area contributed by atoms with Crippen molar-refractivity contribution in [3.05, 3.63) is 88.3 Å².